The van der Waals surface area contributed by atoms with Gasteiger partial charge in [0.05, 0.1) is 5.69 Å². The Bertz CT molecular complexity index is 365. The number of fused-ring (bicyclic) bond motifs is 3. The quantitative estimate of drug-likeness (QED) is 0.615. The summed E-state index contributed by atoms with van der Waals surface area (Å²) in [5.41, 5.74) is 2.97. The standard InChI is InChI=1S/C12H18N2/c1-8-6-7-10-12(8)13-11-5-3-4-9(2)14(10)11/h8-9H,3-7H2,1-2H3. The Morgan fingerprint density at radius 3 is 2.93 bits per heavy atom. The first kappa shape index (κ1) is 8.51. The van der Waals surface area contributed by atoms with E-state index in [4.69, 9.17) is 4.98 Å². The molecule has 2 heterocycles. The fourth-order valence-corrected chi connectivity index (χ4v) is 3.05. The van der Waals surface area contributed by atoms with Gasteiger partial charge >= 0.3 is 0 Å². The van der Waals surface area contributed by atoms with Gasteiger partial charge < -0.3 is 4.57 Å². The van der Waals surface area contributed by atoms with Crippen LogP contribution >= 0.6 is 0 Å². The normalized spacial score (nSPS) is 30.1. The maximum absolute atomic E-state index is 4.83. The Morgan fingerprint density at radius 2 is 2.07 bits per heavy atom. The van der Waals surface area contributed by atoms with E-state index >= 15 is 0 Å². The van der Waals surface area contributed by atoms with Gasteiger partial charge in [-0.25, -0.2) is 4.98 Å². The summed E-state index contributed by atoms with van der Waals surface area (Å²) in [6.45, 7) is 4.66. The van der Waals surface area contributed by atoms with Crippen molar-refractivity contribution in [1.82, 2.24) is 9.55 Å². The minimum absolute atomic E-state index is 0.695. The molecule has 2 nitrogen and oxygen atoms in total. The second-order valence-electron chi connectivity index (χ2n) is 4.91. The van der Waals surface area contributed by atoms with E-state index in [2.05, 4.69) is 18.4 Å². The lowest BCUT2D eigenvalue weighted by molar-refractivity contribution is 0.414. The first-order chi connectivity index (χ1) is 6.77. The largest absolute Gasteiger partial charge is 0.329 e. The van der Waals surface area contributed by atoms with Crippen molar-refractivity contribution in [2.24, 2.45) is 0 Å². The van der Waals surface area contributed by atoms with Crippen molar-refractivity contribution in [2.75, 3.05) is 0 Å². The molecule has 0 radical (unpaired) electrons. The summed E-state index contributed by atoms with van der Waals surface area (Å²) in [7, 11) is 0. The first-order valence-electron chi connectivity index (χ1n) is 5.87. The highest BCUT2D eigenvalue weighted by Gasteiger charge is 2.29. The molecule has 1 aliphatic carbocycles. The van der Waals surface area contributed by atoms with Crippen LogP contribution in [0.5, 0.6) is 0 Å². The molecule has 0 N–H and O–H groups in total. The second kappa shape index (κ2) is 2.85. The molecule has 14 heavy (non-hydrogen) atoms. The van der Waals surface area contributed by atoms with Crippen molar-refractivity contribution in [2.45, 2.75) is 57.9 Å². The summed E-state index contributed by atoms with van der Waals surface area (Å²) in [6.07, 6.45) is 6.43. The first-order valence-corrected chi connectivity index (χ1v) is 5.87. The molecular weight excluding hydrogens is 172 g/mol. The van der Waals surface area contributed by atoms with Gasteiger partial charge in [0.1, 0.15) is 5.82 Å². The number of rotatable bonds is 0. The summed E-state index contributed by atoms with van der Waals surface area (Å²) in [4.78, 5) is 4.83. The van der Waals surface area contributed by atoms with E-state index in [0.29, 0.717) is 12.0 Å². The van der Waals surface area contributed by atoms with Gasteiger partial charge in [0.15, 0.2) is 0 Å². The molecule has 2 aliphatic rings. The van der Waals surface area contributed by atoms with E-state index in [1.54, 1.807) is 5.69 Å². The fourth-order valence-electron chi connectivity index (χ4n) is 3.05. The SMILES string of the molecule is CC1CCc2c1nc1n2C(C)CCC1. The zero-order chi connectivity index (χ0) is 9.71. The van der Waals surface area contributed by atoms with Gasteiger partial charge in [0.2, 0.25) is 0 Å². The molecule has 0 saturated heterocycles. The van der Waals surface area contributed by atoms with E-state index in [-0.39, 0.29) is 0 Å². The third-order valence-corrected chi connectivity index (χ3v) is 3.86. The molecule has 0 bridgehead atoms. The number of nitrogens with zero attached hydrogens (tertiary/aromatic N) is 2. The van der Waals surface area contributed by atoms with Crippen molar-refractivity contribution in [3.8, 4) is 0 Å². The van der Waals surface area contributed by atoms with Crippen LogP contribution in [-0.4, -0.2) is 9.55 Å². The Morgan fingerprint density at radius 1 is 1.21 bits per heavy atom. The topological polar surface area (TPSA) is 17.8 Å². The van der Waals surface area contributed by atoms with Gasteiger partial charge in [-0.1, -0.05) is 6.92 Å². The lowest BCUT2D eigenvalue weighted by atomic mass is 10.1. The van der Waals surface area contributed by atoms with Crippen LogP contribution in [0.15, 0.2) is 0 Å². The molecule has 3 rings (SSSR count). The van der Waals surface area contributed by atoms with Crippen LogP contribution in [-0.2, 0) is 12.8 Å². The molecule has 1 aromatic heterocycles. The van der Waals surface area contributed by atoms with Crippen molar-refractivity contribution < 1.29 is 0 Å². The molecule has 2 heteroatoms. The van der Waals surface area contributed by atoms with E-state index in [9.17, 15) is 0 Å². The average Bonchev–Trinajstić information content (AvgIpc) is 2.68. The Labute approximate surface area is 85.3 Å². The number of hydrogen-bond donors (Lipinski definition) is 0. The molecule has 2 unspecified atom stereocenters. The molecule has 76 valence electrons. The van der Waals surface area contributed by atoms with Crippen molar-refractivity contribution >= 4 is 0 Å². The maximum Gasteiger partial charge on any atom is 0.109 e. The van der Waals surface area contributed by atoms with E-state index in [1.165, 1.54) is 43.6 Å². The van der Waals surface area contributed by atoms with Gasteiger partial charge in [0.25, 0.3) is 0 Å². The zero-order valence-corrected chi connectivity index (χ0v) is 9.08. The monoisotopic (exact) mass is 190 g/mol. The van der Waals surface area contributed by atoms with E-state index < -0.39 is 0 Å². The molecule has 0 spiro atoms. The van der Waals surface area contributed by atoms with Crippen molar-refractivity contribution in [3.05, 3.63) is 17.2 Å². The molecule has 0 saturated carbocycles. The molecular formula is C12H18N2. The third kappa shape index (κ3) is 0.999. The number of aromatic nitrogens is 2. The zero-order valence-electron chi connectivity index (χ0n) is 9.08. The maximum atomic E-state index is 4.83. The highest BCUT2D eigenvalue weighted by molar-refractivity contribution is 5.27. The van der Waals surface area contributed by atoms with Crippen LogP contribution < -0.4 is 0 Å². The van der Waals surface area contributed by atoms with Gasteiger partial charge in [-0.3, -0.25) is 0 Å². The van der Waals surface area contributed by atoms with Crippen molar-refractivity contribution in [1.29, 1.82) is 0 Å². The summed E-state index contributed by atoms with van der Waals surface area (Å²) < 4.78 is 2.53. The lowest BCUT2D eigenvalue weighted by Crippen LogP contribution is -2.17. The van der Waals surface area contributed by atoms with Crippen LogP contribution in [0.4, 0.5) is 0 Å². The Balaban J connectivity index is 2.15. The summed E-state index contributed by atoms with van der Waals surface area (Å²) in [5, 5.41) is 0. The van der Waals surface area contributed by atoms with E-state index in [1.807, 2.05) is 0 Å². The molecule has 0 fully saturated rings. The predicted octanol–water partition coefficient (Wildman–Crippen LogP) is 2.83. The van der Waals surface area contributed by atoms with E-state index in [0.717, 1.165) is 0 Å². The second-order valence-corrected chi connectivity index (χ2v) is 4.91. The Hall–Kier alpha value is -0.790. The van der Waals surface area contributed by atoms with Gasteiger partial charge in [-0.15, -0.1) is 0 Å². The third-order valence-electron chi connectivity index (χ3n) is 3.86. The van der Waals surface area contributed by atoms with Crippen LogP contribution in [0.1, 0.15) is 62.3 Å². The van der Waals surface area contributed by atoms with Crippen LogP contribution in [0.2, 0.25) is 0 Å². The highest BCUT2D eigenvalue weighted by Crippen LogP contribution is 2.37. The summed E-state index contributed by atoms with van der Waals surface area (Å²) in [5.74, 6) is 2.07. The minimum Gasteiger partial charge on any atom is -0.329 e. The summed E-state index contributed by atoms with van der Waals surface area (Å²) in [6, 6.07) is 0.695. The van der Waals surface area contributed by atoms with Crippen molar-refractivity contribution in [3.63, 3.8) is 0 Å². The highest BCUT2D eigenvalue weighted by atomic mass is 15.1. The summed E-state index contributed by atoms with van der Waals surface area (Å²) >= 11 is 0. The van der Waals surface area contributed by atoms with Crippen LogP contribution in [0.3, 0.4) is 0 Å². The molecule has 1 aromatic rings. The van der Waals surface area contributed by atoms with Crippen LogP contribution in [0, 0.1) is 0 Å². The van der Waals surface area contributed by atoms with Crippen LogP contribution in [0.25, 0.3) is 0 Å². The average molecular weight is 190 g/mol. The molecule has 0 aromatic carbocycles. The van der Waals surface area contributed by atoms with Gasteiger partial charge in [-0.05, 0) is 32.6 Å². The van der Waals surface area contributed by atoms with Gasteiger partial charge in [0, 0.05) is 24.1 Å². The number of imidazole rings is 1. The molecule has 0 amide bonds. The smallest absolute Gasteiger partial charge is 0.109 e. The Kier molecular flexibility index (Phi) is 1.73. The molecule has 1 aliphatic heterocycles. The van der Waals surface area contributed by atoms with Gasteiger partial charge in [-0.2, -0.15) is 0 Å². The fraction of sp³-hybridized carbons (Fsp3) is 0.750. The predicted molar refractivity (Wildman–Crippen MR) is 56.6 cm³/mol. The molecule has 2 atom stereocenters. The lowest BCUT2D eigenvalue weighted by Gasteiger charge is -2.23. The number of aryl methyl sites for hydroxylation is 1. The minimum atomic E-state index is 0.695. The number of hydrogen-bond acceptors (Lipinski definition) is 1.